The van der Waals surface area contributed by atoms with Crippen molar-refractivity contribution in [3.8, 4) is 0 Å². The molecule has 8 heteroatoms. The number of benzene rings is 2. The maximum Gasteiger partial charge on any atom is 0.252 e. The molecule has 2 aromatic carbocycles. The van der Waals surface area contributed by atoms with E-state index in [1.165, 1.54) is 0 Å². The Kier molecular flexibility index (Phi) is 5.62. The van der Waals surface area contributed by atoms with Crippen LogP contribution in [-0.4, -0.2) is 16.3 Å². The molecule has 0 saturated carbocycles. The van der Waals surface area contributed by atoms with Crippen LogP contribution in [-0.2, 0) is 6.54 Å². The van der Waals surface area contributed by atoms with Crippen LogP contribution in [0.4, 0.5) is 11.4 Å². The lowest BCUT2D eigenvalue weighted by atomic mass is 10.1. The van der Waals surface area contributed by atoms with Gasteiger partial charge in [-0.1, -0.05) is 23.8 Å². The van der Waals surface area contributed by atoms with Crippen LogP contribution in [0.5, 0.6) is 0 Å². The van der Waals surface area contributed by atoms with Crippen LogP contribution in [0.25, 0.3) is 0 Å². The van der Waals surface area contributed by atoms with Crippen molar-refractivity contribution >= 4 is 17.3 Å². The van der Waals surface area contributed by atoms with Crippen molar-refractivity contribution < 1.29 is 25.7 Å². The highest BCUT2D eigenvalue weighted by molar-refractivity contribution is 5.95. The molecule has 2 unspecified atom stereocenters. The molecule has 24 heavy (non-hydrogen) atoms. The fourth-order valence-corrected chi connectivity index (χ4v) is 2.33. The Labute approximate surface area is 138 Å². The topological polar surface area (TPSA) is 125 Å². The average Bonchev–Trinajstić information content (AvgIpc) is 2.53. The minimum Gasteiger partial charge on any atom is -0.595 e. The zero-order valence-electron chi connectivity index (χ0n) is 13.3. The van der Waals surface area contributed by atoms with Crippen molar-refractivity contribution in [2.75, 3.05) is 0 Å². The van der Waals surface area contributed by atoms with Gasteiger partial charge in [-0.3, -0.25) is 4.79 Å². The van der Waals surface area contributed by atoms with E-state index in [1.807, 2.05) is 32.0 Å². The quantitative estimate of drug-likeness (QED) is 0.494. The number of aryl methyl sites for hydroxylation is 2. The lowest BCUT2D eigenvalue weighted by Crippen LogP contribution is -3.00. The lowest BCUT2D eigenvalue weighted by Gasteiger charge is -2.17. The molecule has 0 spiro atoms. The van der Waals surface area contributed by atoms with E-state index in [-0.39, 0.29) is 23.5 Å². The minimum absolute atomic E-state index is 0.00272. The smallest absolute Gasteiger partial charge is 0.252 e. The van der Waals surface area contributed by atoms with Gasteiger partial charge in [0.15, 0.2) is 11.4 Å². The van der Waals surface area contributed by atoms with Crippen molar-refractivity contribution in [3.05, 3.63) is 69.1 Å². The first kappa shape index (κ1) is 18.0. The Bertz CT molecular complexity index is 720. The molecular formula is C16H19N3O5. The predicted octanol–water partition coefficient (Wildman–Crippen LogP) is 0.0402. The Morgan fingerprint density at radius 3 is 2.12 bits per heavy atom. The maximum absolute atomic E-state index is 12.2. The van der Waals surface area contributed by atoms with E-state index in [0.29, 0.717) is 0 Å². The number of hydrogen-bond acceptors (Lipinski definition) is 5. The fraction of sp³-hybridized carbons (Fsp3) is 0.188. The summed E-state index contributed by atoms with van der Waals surface area (Å²) < 4.78 is 0. The van der Waals surface area contributed by atoms with E-state index in [2.05, 4.69) is 5.32 Å². The van der Waals surface area contributed by atoms with Crippen molar-refractivity contribution in [2.45, 2.75) is 20.4 Å². The van der Waals surface area contributed by atoms with Gasteiger partial charge >= 0.3 is 0 Å². The number of amides is 1. The van der Waals surface area contributed by atoms with Gasteiger partial charge in [0.05, 0.1) is 11.6 Å². The van der Waals surface area contributed by atoms with Gasteiger partial charge in [0.1, 0.15) is 0 Å². The number of rotatable bonds is 5. The first-order valence-corrected chi connectivity index (χ1v) is 7.24. The van der Waals surface area contributed by atoms with Gasteiger partial charge < -0.3 is 15.7 Å². The maximum atomic E-state index is 12.2. The van der Waals surface area contributed by atoms with Crippen LogP contribution in [0.15, 0.2) is 36.4 Å². The Balaban J connectivity index is 2.19. The first-order valence-electron chi connectivity index (χ1n) is 7.24. The first-order chi connectivity index (χ1) is 11.3. The molecule has 0 radical (unpaired) electrons. The molecule has 1 amide bonds. The summed E-state index contributed by atoms with van der Waals surface area (Å²) >= 11 is 0. The highest BCUT2D eigenvalue weighted by atomic mass is 16.8. The number of nitrogens with one attached hydrogen (secondary N) is 3. The highest BCUT2D eigenvalue weighted by Crippen LogP contribution is 2.14. The van der Waals surface area contributed by atoms with Gasteiger partial charge in [0, 0.05) is 18.7 Å². The van der Waals surface area contributed by atoms with E-state index in [9.17, 15) is 15.2 Å². The second kappa shape index (κ2) is 7.49. The van der Waals surface area contributed by atoms with Gasteiger partial charge in [-0.15, -0.1) is 0 Å². The Morgan fingerprint density at radius 2 is 1.62 bits per heavy atom. The van der Waals surface area contributed by atoms with Crippen LogP contribution in [0.1, 0.15) is 27.0 Å². The molecule has 0 fully saturated rings. The van der Waals surface area contributed by atoms with Crippen LogP contribution >= 0.6 is 0 Å². The van der Waals surface area contributed by atoms with E-state index in [0.717, 1.165) is 34.9 Å². The molecule has 0 saturated heterocycles. The van der Waals surface area contributed by atoms with E-state index in [4.69, 9.17) is 10.4 Å². The van der Waals surface area contributed by atoms with E-state index >= 15 is 0 Å². The predicted molar refractivity (Wildman–Crippen MR) is 85.1 cm³/mol. The molecule has 2 rings (SSSR count). The van der Waals surface area contributed by atoms with Crippen molar-refractivity contribution in [1.29, 1.82) is 0 Å². The SMILES string of the molecule is Cc1ccc(CNC(=O)c2cc([NH+]([O-])O)cc([NH+]([O-])O)c2)c(C)c1. The summed E-state index contributed by atoms with van der Waals surface area (Å²) in [7, 11) is 0. The molecule has 0 bridgehead atoms. The normalized spacial score (nSPS) is 13.4. The van der Waals surface area contributed by atoms with Gasteiger partial charge in [-0.2, -0.15) is 10.5 Å². The van der Waals surface area contributed by atoms with E-state index < -0.39 is 16.4 Å². The molecule has 8 nitrogen and oxygen atoms in total. The largest absolute Gasteiger partial charge is 0.595 e. The third kappa shape index (κ3) is 4.36. The van der Waals surface area contributed by atoms with Crippen molar-refractivity contribution in [1.82, 2.24) is 5.32 Å². The standard InChI is InChI=1S/C16H19N3O5/c1-10-3-4-12(11(2)5-10)9-17-16(20)13-6-14(18(21)22)8-15(7-13)19(23)24/h3-8,18-19,21,23H,9H2,1-2H3,(H,17,20). The number of carbonyl (C=O) groups excluding carboxylic acids is 1. The second-order valence-corrected chi connectivity index (χ2v) is 5.52. The molecule has 5 N–H and O–H groups in total. The average molecular weight is 333 g/mol. The molecule has 0 aliphatic carbocycles. The summed E-state index contributed by atoms with van der Waals surface area (Å²) in [4.78, 5) is 12.2. The third-order valence-electron chi connectivity index (χ3n) is 3.63. The van der Waals surface area contributed by atoms with Gasteiger partial charge in [0.2, 0.25) is 0 Å². The molecular weight excluding hydrogens is 314 g/mol. The Morgan fingerprint density at radius 1 is 1.04 bits per heavy atom. The second-order valence-electron chi connectivity index (χ2n) is 5.52. The zero-order chi connectivity index (χ0) is 17.9. The number of carbonyl (C=O) groups is 1. The summed E-state index contributed by atoms with van der Waals surface area (Å²) in [5, 5.41) is 40.4. The van der Waals surface area contributed by atoms with Crippen molar-refractivity contribution in [3.63, 3.8) is 0 Å². The molecule has 0 aromatic heterocycles. The molecule has 0 heterocycles. The summed E-state index contributed by atoms with van der Waals surface area (Å²) in [5.74, 6) is -0.527. The fourth-order valence-electron chi connectivity index (χ4n) is 2.33. The zero-order valence-corrected chi connectivity index (χ0v) is 13.3. The minimum atomic E-state index is -1.29. The van der Waals surface area contributed by atoms with Crippen LogP contribution in [0.3, 0.4) is 0 Å². The highest BCUT2D eigenvalue weighted by Gasteiger charge is 2.15. The molecule has 0 aliphatic rings. The Hall–Kier alpha value is -2.33. The van der Waals surface area contributed by atoms with Crippen molar-refractivity contribution in [2.24, 2.45) is 0 Å². The summed E-state index contributed by atoms with van der Waals surface area (Å²) in [5.41, 5.74) is 2.58. The summed E-state index contributed by atoms with van der Waals surface area (Å²) in [6, 6.07) is 9.17. The monoisotopic (exact) mass is 333 g/mol. The molecule has 2 aromatic rings. The third-order valence-corrected chi connectivity index (χ3v) is 3.63. The number of hydrogen-bond donors (Lipinski definition) is 5. The van der Waals surface area contributed by atoms with Gasteiger partial charge in [-0.05, 0) is 25.0 Å². The van der Waals surface area contributed by atoms with Gasteiger partial charge in [-0.25, -0.2) is 10.4 Å². The van der Waals surface area contributed by atoms with Gasteiger partial charge in [0.25, 0.3) is 5.91 Å². The summed E-state index contributed by atoms with van der Waals surface area (Å²) in [6.45, 7) is 4.17. The summed E-state index contributed by atoms with van der Waals surface area (Å²) in [6.07, 6.45) is 0. The van der Waals surface area contributed by atoms with E-state index in [1.54, 1.807) is 0 Å². The van der Waals surface area contributed by atoms with Crippen LogP contribution in [0, 0.1) is 24.3 Å². The molecule has 0 aliphatic heterocycles. The molecule has 128 valence electrons. The number of quaternary nitrogens is 2. The van der Waals surface area contributed by atoms with Crippen LogP contribution < -0.4 is 15.8 Å². The lowest BCUT2D eigenvalue weighted by molar-refractivity contribution is -0.996. The van der Waals surface area contributed by atoms with Crippen LogP contribution in [0.2, 0.25) is 0 Å². The molecule has 2 atom stereocenters.